The molecule has 6 heteroatoms. The number of aromatic nitrogens is 1. The van der Waals surface area contributed by atoms with Crippen LogP contribution in [-0.4, -0.2) is 40.5 Å². The molecule has 0 radical (unpaired) electrons. The normalized spacial score (nSPS) is 24.6. The molecular weight excluding hydrogens is 304 g/mol. The van der Waals surface area contributed by atoms with E-state index in [0.717, 1.165) is 17.1 Å². The van der Waals surface area contributed by atoms with E-state index in [1.807, 2.05) is 41.3 Å². The fourth-order valence-corrected chi connectivity index (χ4v) is 3.61. The molecular formula is C18H18N4O2. The van der Waals surface area contributed by atoms with Gasteiger partial charge in [0.1, 0.15) is 0 Å². The van der Waals surface area contributed by atoms with Gasteiger partial charge in [-0.2, -0.15) is 0 Å². The lowest BCUT2D eigenvalue weighted by atomic mass is 9.94. The van der Waals surface area contributed by atoms with Gasteiger partial charge in [-0.05, 0) is 31.2 Å². The third-order valence-corrected chi connectivity index (χ3v) is 4.76. The highest BCUT2D eigenvalue weighted by molar-refractivity contribution is 5.95. The van der Waals surface area contributed by atoms with Crippen LogP contribution in [-0.2, 0) is 11.3 Å². The Balaban J connectivity index is 1.77. The molecule has 2 aliphatic rings. The predicted molar refractivity (Wildman–Crippen MR) is 92.5 cm³/mol. The van der Waals surface area contributed by atoms with Gasteiger partial charge >= 0.3 is 5.97 Å². The number of aliphatic carboxylic acids is 1. The van der Waals surface area contributed by atoms with Gasteiger partial charge in [-0.25, -0.2) is 4.79 Å². The van der Waals surface area contributed by atoms with Gasteiger partial charge in [0.05, 0.1) is 42.0 Å². The van der Waals surface area contributed by atoms with Crippen LogP contribution < -0.4 is 9.80 Å². The van der Waals surface area contributed by atoms with Crippen molar-refractivity contribution < 1.29 is 9.90 Å². The number of carbonyl (C=O) groups is 1. The smallest absolute Gasteiger partial charge is 0.330 e. The summed E-state index contributed by atoms with van der Waals surface area (Å²) in [6, 6.07) is 12.9. The first-order valence-corrected chi connectivity index (χ1v) is 7.97. The first-order chi connectivity index (χ1) is 11.7. The van der Waals surface area contributed by atoms with E-state index in [1.54, 1.807) is 12.5 Å². The molecule has 3 heterocycles. The Hall–Kier alpha value is -2.89. The number of hydrogen-bond acceptors (Lipinski definition) is 5. The van der Waals surface area contributed by atoms with E-state index in [2.05, 4.69) is 27.9 Å². The summed E-state index contributed by atoms with van der Waals surface area (Å²) >= 11 is 0. The summed E-state index contributed by atoms with van der Waals surface area (Å²) in [6.45, 7) is 2.69. The van der Waals surface area contributed by atoms with Crippen LogP contribution in [0.3, 0.4) is 0 Å². The Morgan fingerprint density at radius 3 is 2.62 bits per heavy atom. The Morgan fingerprint density at radius 1 is 1.17 bits per heavy atom. The molecule has 0 saturated carbocycles. The zero-order valence-corrected chi connectivity index (χ0v) is 13.3. The zero-order chi connectivity index (χ0) is 16.7. The highest BCUT2D eigenvalue weighted by Gasteiger charge is 2.46. The molecule has 1 aromatic heterocycles. The van der Waals surface area contributed by atoms with Gasteiger partial charge in [-0.15, -0.1) is 0 Å². The molecule has 0 aliphatic carbocycles. The van der Waals surface area contributed by atoms with Gasteiger partial charge in [-0.3, -0.25) is 9.98 Å². The summed E-state index contributed by atoms with van der Waals surface area (Å²) in [5, 5.41) is 9.52. The van der Waals surface area contributed by atoms with E-state index in [0.29, 0.717) is 6.54 Å². The van der Waals surface area contributed by atoms with Crippen LogP contribution >= 0.6 is 0 Å². The highest BCUT2D eigenvalue weighted by Crippen LogP contribution is 2.41. The summed E-state index contributed by atoms with van der Waals surface area (Å²) in [7, 11) is 0. The molecule has 1 N–H and O–H groups in total. The van der Waals surface area contributed by atoms with Crippen molar-refractivity contribution >= 4 is 23.7 Å². The number of fused-ring (bicyclic) bond motifs is 3. The van der Waals surface area contributed by atoms with Gasteiger partial charge in [0, 0.05) is 6.20 Å². The number of nitrogens with zero attached hydrogens (tertiary/aromatic N) is 4. The van der Waals surface area contributed by atoms with E-state index >= 15 is 0 Å². The number of benzene rings is 1. The summed E-state index contributed by atoms with van der Waals surface area (Å²) in [5.41, 5.74) is 3.02. The molecule has 2 aliphatic heterocycles. The van der Waals surface area contributed by atoms with Gasteiger partial charge in [0.25, 0.3) is 0 Å². The molecule has 2 unspecified atom stereocenters. The van der Waals surface area contributed by atoms with E-state index in [-0.39, 0.29) is 12.1 Å². The largest absolute Gasteiger partial charge is 0.480 e. The average molecular weight is 322 g/mol. The fourth-order valence-electron chi connectivity index (χ4n) is 3.61. The van der Waals surface area contributed by atoms with Gasteiger partial charge in [-0.1, -0.05) is 18.2 Å². The van der Waals surface area contributed by atoms with E-state index in [1.165, 1.54) is 0 Å². The van der Waals surface area contributed by atoms with Crippen molar-refractivity contribution in [3.8, 4) is 0 Å². The number of rotatable bonds is 3. The van der Waals surface area contributed by atoms with Crippen molar-refractivity contribution in [3.63, 3.8) is 0 Å². The maximum atomic E-state index is 11.6. The molecule has 122 valence electrons. The van der Waals surface area contributed by atoms with Crippen LogP contribution in [0.5, 0.6) is 0 Å². The highest BCUT2D eigenvalue weighted by atomic mass is 16.4. The average Bonchev–Trinajstić information content (AvgIpc) is 3.05. The molecule has 1 aromatic carbocycles. The second kappa shape index (κ2) is 5.63. The Bertz CT molecular complexity index is 793. The van der Waals surface area contributed by atoms with Gasteiger partial charge < -0.3 is 14.9 Å². The molecule has 0 amide bonds. The lowest BCUT2D eigenvalue weighted by Gasteiger charge is -2.46. The molecule has 0 bridgehead atoms. The van der Waals surface area contributed by atoms with Crippen molar-refractivity contribution in [1.29, 1.82) is 0 Å². The van der Waals surface area contributed by atoms with Crippen LogP contribution in [0.15, 0.2) is 53.7 Å². The zero-order valence-electron chi connectivity index (χ0n) is 13.3. The number of hydrogen-bond donors (Lipinski definition) is 1. The number of pyridine rings is 1. The number of carboxylic acids is 1. The lowest BCUT2D eigenvalue weighted by molar-refractivity contribution is -0.138. The van der Waals surface area contributed by atoms with Crippen molar-refractivity contribution in [1.82, 2.24) is 4.98 Å². The molecule has 6 nitrogen and oxygen atoms in total. The summed E-state index contributed by atoms with van der Waals surface area (Å²) in [6.07, 6.45) is 3.44. The van der Waals surface area contributed by atoms with Gasteiger partial charge in [0.2, 0.25) is 0 Å². The minimum atomic E-state index is -0.886. The van der Waals surface area contributed by atoms with Crippen molar-refractivity contribution in [2.24, 2.45) is 4.99 Å². The number of para-hydroxylation sites is 2. The van der Waals surface area contributed by atoms with Crippen molar-refractivity contribution in [2.45, 2.75) is 31.6 Å². The summed E-state index contributed by atoms with van der Waals surface area (Å²) < 4.78 is 0. The van der Waals surface area contributed by atoms with E-state index < -0.39 is 12.0 Å². The van der Waals surface area contributed by atoms with Crippen molar-refractivity contribution in [2.75, 3.05) is 9.80 Å². The molecule has 24 heavy (non-hydrogen) atoms. The second-order valence-corrected chi connectivity index (χ2v) is 6.12. The van der Waals surface area contributed by atoms with Crippen LogP contribution in [0.2, 0.25) is 0 Å². The SMILES string of the molecule is C[C@@H]1C2C(C(=O)O)N=CN2c2ccccc2N1Cc1ccccn1. The molecule has 0 spiro atoms. The third kappa shape index (κ3) is 2.22. The minimum Gasteiger partial charge on any atom is -0.480 e. The molecule has 4 rings (SSSR count). The standard InChI is InChI=1S/C18H18N4O2/c1-12-17-16(18(23)24)20-11-22(17)15-8-3-2-7-14(15)21(12)10-13-6-4-5-9-19-13/h2-9,11-12,16-17H,10H2,1H3,(H,23,24)/t12-,16?,17?/m1/s1. The second-order valence-electron chi connectivity index (χ2n) is 6.12. The monoisotopic (exact) mass is 322 g/mol. The topological polar surface area (TPSA) is 69.0 Å². The Kier molecular flexibility index (Phi) is 3.45. The van der Waals surface area contributed by atoms with Crippen LogP contribution in [0.1, 0.15) is 12.6 Å². The number of anilines is 2. The number of carboxylic acid groups (broad SMARTS) is 1. The molecule has 3 atom stereocenters. The number of aliphatic imine (C=N–C) groups is 1. The van der Waals surface area contributed by atoms with Crippen molar-refractivity contribution in [3.05, 3.63) is 54.4 Å². The first-order valence-electron chi connectivity index (χ1n) is 7.97. The maximum Gasteiger partial charge on any atom is 0.330 e. The minimum absolute atomic E-state index is 0.00879. The lowest BCUT2D eigenvalue weighted by Crippen LogP contribution is -2.57. The summed E-state index contributed by atoms with van der Waals surface area (Å²) in [5.74, 6) is -0.886. The van der Waals surface area contributed by atoms with E-state index in [4.69, 9.17) is 0 Å². The molecule has 0 saturated heterocycles. The van der Waals surface area contributed by atoms with Crippen LogP contribution in [0, 0.1) is 0 Å². The van der Waals surface area contributed by atoms with Gasteiger partial charge in [0.15, 0.2) is 6.04 Å². The fraction of sp³-hybridized carbons (Fsp3) is 0.278. The predicted octanol–water partition coefficient (Wildman–Crippen LogP) is 2.16. The van der Waals surface area contributed by atoms with E-state index in [9.17, 15) is 9.90 Å². The third-order valence-electron chi connectivity index (χ3n) is 4.76. The molecule has 0 fully saturated rings. The Morgan fingerprint density at radius 2 is 1.92 bits per heavy atom. The van der Waals surface area contributed by atoms with Crippen LogP contribution in [0.4, 0.5) is 11.4 Å². The maximum absolute atomic E-state index is 11.6. The molecule has 2 aromatic rings. The summed E-state index contributed by atoms with van der Waals surface area (Å²) in [4.78, 5) is 24.5. The quantitative estimate of drug-likeness (QED) is 0.938. The first kappa shape index (κ1) is 14.7. The van der Waals surface area contributed by atoms with Crippen LogP contribution in [0.25, 0.3) is 0 Å². The Labute approximate surface area is 140 Å².